The van der Waals surface area contributed by atoms with Crippen LogP contribution in [0.1, 0.15) is 22.8 Å². The lowest BCUT2D eigenvalue weighted by Gasteiger charge is -2.10. The molecule has 1 N–H and O–H groups in total. The number of benzene rings is 1. The molecule has 0 aliphatic heterocycles. The highest BCUT2D eigenvalue weighted by Crippen LogP contribution is 2.29. The van der Waals surface area contributed by atoms with Gasteiger partial charge in [-0.15, -0.1) is 6.58 Å². The van der Waals surface area contributed by atoms with Gasteiger partial charge in [0, 0.05) is 5.56 Å². The van der Waals surface area contributed by atoms with Gasteiger partial charge < -0.3 is 4.74 Å². The largest absolute Gasteiger partial charge is 0.465 e. The minimum Gasteiger partial charge on any atom is -0.465 e. The van der Waals surface area contributed by atoms with Gasteiger partial charge in [0.25, 0.3) is 11.9 Å². The topological polar surface area (TPSA) is 50.7 Å². The Bertz CT molecular complexity index is 539. The molecule has 1 aromatic rings. The van der Waals surface area contributed by atoms with Crippen molar-refractivity contribution < 1.29 is 22.7 Å². The van der Waals surface area contributed by atoms with Crippen molar-refractivity contribution in [3.63, 3.8) is 0 Å². The summed E-state index contributed by atoms with van der Waals surface area (Å²) in [6.07, 6.45) is -3.01. The van der Waals surface area contributed by atoms with Gasteiger partial charge >= 0.3 is 6.18 Å². The standard InChI is InChI=1S/C14H15F3N2O2/c1-3-8-18-13(21-4-2)19-12(20)10-6-5-7-11(9-10)14(15,16)17/h3,5-7,9H,1,4,8H2,2H3,(H,18,19,20). The molecule has 0 unspecified atom stereocenters. The third-order valence-electron chi connectivity index (χ3n) is 2.32. The van der Waals surface area contributed by atoms with Crippen LogP contribution < -0.4 is 5.32 Å². The number of nitrogens with one attached hydrogen (secondary N) is 1. The summed E-state index contributed by atoms with van der Waals surface area (Å²) in [5.41, 5.74) is -1.02. The van der Waals surface area contributed by atoms with Crippen molar-refractivity contribution in [2.45, 2.75) is 13.1 Å². The van der Waals surface area contributed by atoms with Crippen LogP contribution in [0.25, 0.3) is 0 Å². The molecule has 4 nitrogen and oxygen atoms in total. The van der Waals surface area contributed by atoms with E-state index in [9.17, 15) is 18.0 Å². The van der Waals surface area contributed by atoms with Gasteiger partial charge in [-0.2, -0.15) is 13.2 Å². The van der Waals surface area contributed by atoms with Crippen LogP contribution >= 0.6 is 0 Å². The predicted octanol–water partition coefficient (Wildman–Crippen LogP) is 3.01. The summed E-state index contributed by atoms with van der Waals surface area (Å²) in [5, 5.41) is 2.32. The van der Waals surface area contributed by atoms with Crippen molar-refractivity contribution >= 4 is 11.9 Å². The molecule has 0 bridgehead atoms. The minimum atomic E-state index is -4.50. The summed E-state index contributed by atoms with van der Waals surface area (Å²) in [4.78, 5) is 15.8. The molecule has 0 aliphatic rings. The van der Waals surface area contributed by atoms with Gasteiger partial charge in [-0.05, 0) is 25.1 Å². The number of aliphatic imine (C=N–C) groups is 1. The second-order valence-corrected chi connectivity index (χ2v) is 3.90. The lowest BCUT2D eigenvalue weighted by atomic mass is 10.1. The average Bonchev–Trinajstić information content (AvgIpc) is 2.44. The quantitative estimate of drug-likeness (QED) is 0.528. The van der Waals surface area contributed by atoms with Crippen LogP contribution in [0.3, 0.4) is 0 Å². The van der Waals surface area contributed by atoms with Gasteiger partial charge in [0.1, 0.15) is 0 Å². The average molecular weight is 300 g/mol. The van der Waals surface area contributed by atoms with E-state index in [4.69, 9.17) is 4.74 Å². The molecule has 1 aromatic carbocycles. The number of carbonyl (C=O) groups is 1. The molecule has 0 radical (unpaired) electrons. The first-order chi connectivity index (χ1) is 9.88. The maximum Gasteiger partial charge on any atom is 0.416 e. The van der Waals surface area contributed by atoms with Crippen LogP contribution in [0.15, 0.2) is 41.9 Å². The Kier molecular flexibility index (Phi) is 5.95. The Morgan fingerprint density at radius 3 is 2.76 bits per heavy atom. The number of nitrogens with zero attached hydrogens (tertiary/aromatic N) is 1. The molecule has 0 fully saturated rings. The zero-order chi connectivity index (χ0) is 15.9. The van der Waals surface area contributed by atoms with Gasteiger partial charge in [-0.3, -0.25) is 10.1 Å². The summed E-state index contributed by atoms with van der Waals surface area (Å²) in [7, 11) is 0. The van der Waals surface area contributed by atoms with E-state index < -0.39 is 17.6 Å². The van der Waals surface area contributed by atoms with Crippen LogP contribution in [-0.2, 0) is 10.9 Å². The maximum atomic E-state index is 12.6. The van der Waals surface area contributed by atoms with Crippen molar-refractivity contribution in [1.82, 2.24) is 5.32 Å². The fourth-order valence-corrected chi connectivity index (χ4v) is 1.41. The highest BCUT2D eigenvalue weighted by Gasteiger charge is 2.30. The van der Waals surface area contributed by atoms with E-state index in [-0.39, 0.29) is 24.7 Å². The van der Waals surface area contributed by atoms with Gasteiger partial charge in [0.2, 0.25) is 0 Å². The number of amides is 1. The number of hydrogen-bond acceptors (Lipinski definition) is 3. The molecular formula is C14H15F3N2O2. The Labute approximate surface area is 120 Å². The van der Waals surface area contributed by atoms with E-state index in [0.717, 1.165) is 12.1 Å². The Balaban J connectivity index is 2.90. The molecule has 1 rings (SSSR count). The first-order valence-electron chi connectivity index (χ1n) is 6.15. The maximum absolute atomic E-state index is 12.6. The van der Waals surface area contributed by atoms with Crippen molar-refractivity contribution in [3.05, 3.63) is 48.0 Å². The molecule has 0 atom stereocenters. The van der Waals surface area contributed by atoms with E-state index in [2.05, 4.69) is 16.9 Å². The smallest absolute Gasteiger partial charge is 0.416 e. The monoisotopic (exact) mass is 300 g/mol. The molecule has 1 amide bonds. The number of halogens is 3. The summed E-state index contributed by atoms with van der Waals surface area (Å²) < 4.78 is 42.9. The second kappa shape index (κ2) is 7.47. The van der Waals surface area contributed by atoms with Gasteiger partial charge in [0.05, 0.1) is 18.7 Å². The molecular weight excluding hydrogens is 285 g/mol. The third kappa shape index (κ3) is 5.29. The van der Waals surface area contributed by atoms with Crippen molar-refractivity contribution in [2.24, 2.45) is 4.99 Å². The molecule has 21 heavy (non-hydrogen) atoms. The molecule has 0 saturated heterocycles. The van der Waals surface area contributed by atoms with Crippen LogP contribution in [-0.4, -0.2) is 25.1 Å². The van der Waals surface area contributed by atoms with Crippen molar-refractivity contribution in [2.75, 3.05) is 13.2 Å². The third-order valence-corrected chi connectivity index (χ3v) is 2.32. The zero-order valence-electron chi connectivity index (χ0n) is 11.4. The molecule has 0 aromatic heterocycles. The number of rotatable bonds is 4. The highest BCUT2D eigenvalue weighted by atomic mass is 19.4. The van der Waals surface area contributed by atoms with E-state index in [1.165, 1.54) is 18.2 Å². The molecule has 0 saturated carbocycles. The Morgan fingerprint density at radius 2 is 2.19 bits per heavy atom. The van der Waals surface area contributed by atoms with Crippen LogP contribution in [0.4, 0.5) is 13.2 Å². The summed E-state index contributed by atoms with van der Waals surface area (Å²) in [5.74, 6) is -0.725. The number of ether oxygens (including phenoxy) is 1. The molecule has 0 aliphatic carbocycles. The first kappa shape index (κ1) is 16.7. The van der Waals surface area contributed by atoms with E-state index in [1.807, 2.05) is 0 Å². The number of hydrogen-bond donors (Lipinski definition) is 1. The van der Waals surface area contributed by atoms with E-state index in [1.54, 1.807) is 6.92 Å². The normalized spacial score (nSPS) is 11.9. The predicted molar refractivity (Wildman–Crippen MR) is 73.0 cm³/mol. The summed E-state index contributed by atoms with van der Waals surface area (Å²) >= 11 is 0. The van der Waals surface area contributed by atoms with Crippen molar-refractivity contribution in [1.29, 1.82) is 0 Å². The van der Waals surface area contributed by atoms with Crippen LogP contribution in [0, 0.1) is 0 Å². The molecule has 7 heteroatoms. The fourth-order valence-electron chi connectivity index (χ4n) is 1.41. The molecule has 0 heterocycles. The lowest BCUT2D eigenvalue weighted by Crippen LogP contribution is -2.33. The summed E-state index contributed by atoms with van der Waals surface area (Å²) in [6.45, 7) is 5.65. The number of alkyl halides is 3. The van der Waals surface area contributed by atoms with E-state index >= 15 is 0 Å². The van der Waals surface area contributed by atoms with Crippen LogP contribution in [0.2, 0.25) is 0 Å². The van der Waals surface area contributed by atoms with E-state index in [0.29, 0.717) is 0 Å². The second-order valence-electron chi connectivity index (χ2n) is 3.90. The number of amidine groups is 1. The van der Waals surface area contributed by atoms with Crippen molar-refractivity contribution in [3.8, 4) is 0 Å². The number of carbonyl (C=O) groups excluding carboxylic acids is 1. The minimum absolute atomic E-state index is 0.0557. The van der Waals surface area contributed by atoms with Gasteiger partial charge in [0.15, 0.2) is 0 Å². The Hall–Kier alpha value is -2.31. The molecule has 114 valence electrons. The SMILES string of the molecule is C=CCN=C(NC(=O)c1cccc(C(F)(F)F)c1)OCC. The first-order valence-corrected chi connectivity index (χ1v) is 6.15. The highest BCUT2D eigenvalue weighted by molar-refractivity contribution is 6.04. The van der Waals surface area contributed by atoms with Crippen LogP contribution in [0.5, 0.6) is 0 Å². The van der Waals surface area contributed by atoms with Gasteiger partial charge in [-0.25, -0.2) is 4.99 Å². The Morgan fingerprint density at radius 1 is 1.48 bits per heavy atom. The lowest BCUT2D eigenvalue weighted by molar-refractivity contribution is -0.137. The van der Waals surface area contributed by atoms with Gasteiger partial charge in [-0.1, -0.05) is 12.1 Å². The zero-order valence-corrected chi connectivity index (χ0v) is 11.4. The fraction of sp³-hybridized carbons (Fsp3) is 0.286. The summed E-state index contributed by atoms with van der Waals surface area (Å²) in [6, 6.07) is 4.05. The molecule has 0 spiro atoms.